The van der Waals surface area contributed by atoms with Gasteiger partial charge in [0.2, 0.25) is 12.1 Å². The molecule has 0 spiro atoms. The van der Waals surface area contributed by atoms with Crippen molar-refractivity contribution in [3.8, 4) is 11.5 Å². The summed E-state index contributed by atoms with van der Waals surface area (Å²) in [7, 11) is 0. The fourth-order valence-corrected chi connectivity index (χ4v) is 2.04. The van der Waals surface area contributed by atoms with Gasteiger partial charge in [-0.05, 0) is 25.1 Å². The van der Waals surface area contributed by atoms with Crippen LogP contribution >= 0.6 is 0 Å². The Morgan fingerprint density at radius 3 is 2.88 bits per heavy atom. The maximum atomic E-state index is 12.0. The van der Waals surface area contributed by atoms with Crippen molar-refractivity contribution < 1.29 is 23.8 Å². The van der Waals surface area contributed by atoms with E-state index in [1.807, 2.05) is 0 Å². The van der Waals surface area contributed by atoms with Crippen molar-refractivity contribution in [1.29, 1.82) is 0 Å². The van der Waals surface area contributed by atoms with E-state index in [0.717, 1.165) is 0 Å². The van der Waals surface area contributed by atoms with Crippen LogP contribution < -0.4 is 14.8 Å². The third-order valence-electron chi connectivity index (χ3n) is 3.16. The highest BCUT2D eigenvalue weighted by Gasteiger charge is 2.29. The second-order valence-electron chi connectivity index (χ2n) is 5.04. The molecule has 0 saturated carbocycles. The smallest absolute Gasteiger partial charge is 0.351 e. The molecule has 1 aliphatic heterocycles. The number of amides is 1. The number of hydrogen-bond donors (Lipinski definition) is 1. The van der Waals surface area contributed by atoms with E-state index in [-0.39, 0.29) is 12.6 Å². The minimum absolute atomic E-state index is 0.0262. The Labute approximate surface area is 137 Å². The van der Waals surface area contributed by atoms with Gasteiger partial charge in [0.05, 0.1) is 0 Å². The van der Waals surface area contributed by atoms with Crippen LogP contribution in [0.5, 0.6) is 11.5 Å². The van der Waals surface area contributed by atoms with E-state index in [9.17, 15) is 9.59 Å². The number of nitrogens with zero attached hydrogens (tertiary/aromatic N) is 2. The van der Waals surface area contributed by atoms with E-state index in [1.54, 1.807) is 37.3 Å². The lowest BCUT2D eigenvalue weighted by atomic mass is 10.2. The summed E-state index contributed by atoms with van der Waals surface area (Å²) in [5.74, 6) is -0.0303. The zero-order valence-electron chi connectivity index (χ0n) is 12.9. The van der Waals surface area contributed by atoms with Crippen molar-refractivity contribution in [3.05, 3.63) is 42.2 Å². The molecule has 8 nitrogen and oxygen atoms in total. The van der Waals surface area contributed by atoms with Crippen LogP contribution in [0.1, 0.15) is 5.69 Å². The highest BCUT2D eigenvalue weighted by molar-refractivity contribution is 5.91. The molecule has 0 fully saturated rings. The van der Waals surface area contributed by atoms with Crippen molar-refractivity contribution in [3.63, 3.8) is 0 Å². The number of nitrogens with one attached hydrogen (secondary N) is 1. The van der Waals surface area contributed by atoms with Crippen molar-refractivity contribution in [2.75, 3.05) is 18.5 Å². The van der Waals surface area contributed by atoms with E-state index in [1.165, 1.54) is 6.20 Å². The number of anilines is 1. The van der Waals surface area contributed by atoms with Gasteiger partial charge in [-0.1, -0.05) is 12.1 Å². The molecule has 24 heavy (non-hydrogen) atoms. The summed E-state index contributed by atoms with van der Waals surface area (Å²) in [6, 6.07) is 8.71. The number of fused-ring (bicyclic) bond motifs is 1. The highest BCUT2D eigenvalue weighted by Crippen LogP contribution is 2.31. The van der Waals surface area contributed by atoms with Crippen LogP contribution in [0.3, 0.4) is 0 Å². The number of rotatable bonds is 4. The lowest BCUT2D eigenvalue weighted by Crippen LogP contribution is -2.39. The van der Waals surface area contributed by atoms with Gasteiger partial charge in [-0.25, -0.2) is 14.8 Å². The standard InChI is InChI=1S/C16H15N3O5/c1-10-6-7-17-16(18-10)19-14(20)9-23-15(21)13-8-22-11-4-2-3-5-12(11)24-13/h2-7,13H,8-9H2,1H3,(H,17,18,19,20)/t13-/m1/s1. The van der Waals surface area contributed by atoms with E-state index in [4.69, 9.17) is 14.2 Å². The number of hydrogen-bond acceptors (Lipinski definition) is 7. The van der Waals surface area contributed by atoms with Gasteiger partial charge in [0.25, 0.3) is 5.91 Å². The van der Waals surface area contributed by atoms with Crippen molar-refractivity contribution in [2.24, 2.45) is 0 Å². The molecule has 0 saturated heterocycles. The quantitative estimate of drug-likeness (QED) is 0.839. The Balaban J connectivity index is 1.50. The summed E-state index contributed by atoms with van der Waals surface area (Å²) in [4.78, 5) is 31.7. The van der Waals surface area contributed by atoms with E-state index >= 15 is 0 Å². The molecule has 1 amide bonds. The summed E-state index contributed by atoms with van der Waals surface area (Å²) in [5.41, 5.74) is 0.712. The second kappa shape index (κ2) is 6.95. The lowest BCUT2D eigenvalue weighted by Gasteiger charge is -2.24. The molecule has 1 aromatic heterocycles. The Bertz CT molecular complexity index is 765. The summed E-state index contributed by atoms with van der Waals surface area (Å²) >= 11 is 0. The first-order valence-electron chi connectivity index (χ1n) is 7.26. The molecule has 1 aliphatic rings. The van der Waals surface area contributed by atoms with Crippen LogP contribution in [-0.2, 0) is 14.3 Å². The monoisotopic (exact) mass is 329 g/mol. The number of para-hydroxylation sites is 2. The van der Waals surface area contributed by atoms with Crippen LogP contribution in [-0.4, -0.2) is 41.2 Å². The fraction of sp³-hybridized carbons (Fsp3) is 0.250. The number of ether oxygens (including phenoxy) is 3. The molecule has 0 aliphatic carbocycles. The van der Waals surface area contributed by atoms with Gasteiger partial charge in [0.15, 0.2) is 18.1 Å². The molecule has 8 heteroatoms. The minimum atomic E-state index is -0.914. The van der Waals surface area contributed by atoms with Crippen LogP contribution in [0.15, 0.2) is 36.5 Å². The van der Waals surface area contributed by atoms with Crippen LogP contribution in [0, 0.1) is 6.92 Å². The average molecular weight is 329 g/mol. The Kier molecular flexibility index (Phi) is 4.55. The van der Waals surface area contributed by atoms with Gasteiger partial charge < -0.3 is 14.2 Å². The van der Waals surface area contributed by atoms with Crippen LogP contribution in [0.25, 0.3) is 0 Å². The van der Waals surface area contributed by atoms with Crippen molar-refractivity contribution in [1.82, 2.24) is 9.97 Å². The molecule has 1 N–H and O–H groups in total. The first-order valence-corrected chi connectivity index (χ1v) is 7.26. The Hall–Kier alpha value is -3.16. The molecule has 0 unspecified atom stereocenters. The largest absolute Gasteiger partial charge is 0.485 e. The summed E-state index contributed by atoms with van der Waals surface area (Å²) in [6.07, 6.45) is 0.608. The normalized spacial score (nSPS) is 15.5. The number of aromatic nitrogens is 2. The van der Waals surface area contributed by atoms with Gasteiger partial charge in [0, 0.05) is 11.9 Å². The number of carbonyl (C=O) groups is 2. The Morgan fingerprint density at radius 1 is 1.29 bits per heavy atom. The number of carbonyl (C=O) groups excluding carboxylic acids is 2. The molecule has 0 radical (unpaired) electrons. The average Bonchev–Trinajstić information content (AvgIpc) is 2.59. The molecule has 1 aromatic carbocycles. The van der Waals surface area contributed by atoms with Gasteiger partial charge in [0.1, 0.15) is 6.61 Å². The number of benzene rings is 1. The summed E-state index contributed by atoms with van der Waals surface area (Å²) < 4.78 is 15.9. The zero-order valence-corrected chi connectivity index (χ0v) is 12.9. The lowest BCUT2D eigenvalue weighted by molar-refractivity contribution is -0.156. The van der Waals surface area contributed by atoms with Gasteiger partial charge >= 0.3 is 5.97 Å². The number of aryl methyl sites for hydroxylation is 1. The van der Waals surface area contributed by atoms with Crippen molar-refractivity contribution in [2.45, 2.75) is 13.0 Å². The van der Waals surface area contributed by atoms with E-state index < -0.39 is 24.6 Å². The van der Waals surface area contributed by atoms with E-state index in [0.29, 0.717) is 17.2 Å². The van der Waals surface area contributed by atoms with Crippen LogP contribution in [0.2, 0.25) is 0 Å². The van der Waals surface area contributed by atoms with Crippen molar-refractivity contribution >= 4 is 17.8 Å². The second-order valence-corrected chi connectivity index (χ2v) is 5.04. The molecular formula is C16H15N3O5. The maximum Gasteiger partial charge on any atom is 0.351 e. The fourth-order valence-electron chi connectivity index (χ4n) is 2.04. The molecule has 3 rings (SSSR count). The predicted molar refractivity (Wildman–Crippen MR) is 82.7 cm³/mol. The van der Waals surface area contributed by atoms with Gasteiger partial charge in [-0.3, -0.25) is 10.1 Å². The van der Waals surface area contributed by atoms with E-state index in [2.05, 4.69) is 15.3 Å². The summed E-state index contributed by atoms with van der Waals surface area (Å²) in [5, 5.41) is 2.45. The summed E-state index contributed by atoms with van der Waals surface area (Å²) in [6.45, 7) is 1.34. The molecule has 1 atom stereocenters. The Morgan fingerprint density at radius 2 is 2.08 bits per heavy atom. The van der Waals surface area contributed by atoms with Crippen LogP contribution in [0.4, 0.5) is 5.95 Å². The molecule has 2 heterocycles. The third kappa shape index (κ3) is 3.78. The molecule has 0 bridgehead atoms. The minimum Gasteiger partial charge on any atom is -0.485 e. The first kappa shape index (κ1) is 15.7. The maximum absolute atomic E-state index is 12.0. The number of esters is 1. The molecule has 124 valence electrons. The SMILES string of the molecule is Cc1ccnc(NC(=O)COC(=O)[C@H]2COc3ccccc3O2)n1. The first-order chi connectivity index (χ1) is 11.6. The van der Waals surface area contributed by atoms with Gasteiger partial charge in [-0.2, -0.15) is 0 Å². The highest BCUT2D eigenvalue weighted by atomic mass is 16.6. The zero-order chi connectivity index (χ0) is 16.9. The molecule has 2 aromatic rings. The van der Waals surface area contributed by atoms with Gasteiger partial charge in [-0.15, -0.1) is 0 Å². The predicted octanol–water partition coefficient (Wildman–Crippen LogP) is 1.11. The topological polar surface area (TPSA) is 99.6 Å². The molecular weight excluding hydrogens is 314 g/mol. The third-order valence-corrected chi connectivity index (χ3v) is 3.16.